The molecule has 2 aromatic rings. The molecular weight excluding hydrogens is 380 g/mol. The van der Waals surface area contributed by atoms with Crippen LogP contribution in [0, 0.1) is 0 Å². The van der Waals surface area contributed by atoms with Gasteiger partial charge in [0, 0.05) is 0 Å². The molecule has 0 saturated carbocycles. The van der Waals surface area contributed by atoms with Crippen LogP contribution in [0.3, 0.4) is 0 Å². The van der Waals surface area contributed by atoms with Crippen LogP contribution >= 0.6 is 0 Å². The molecule has 0 unspecified atom stereocenters. The summed E-state index contributed by atoms with van der Waals surface area (Å²) in [6, 6.07) is 0. The highest BCUT2D eigenvalue weighted by Crippen LogP contribution is 2.42. The molecule has 156 valence electrons. The number of H-pyrrole nitrogens is 1. The number of aliphatic hydroxyl groups is 2. The highest BCUT2D eigenvalue weighted by atomic mass is 28.4. The van der Waals surface area contributed by atoms with Crippen molar-refractivity contribution < 1.29 is 19.4 Å². The Kier molecular flexibility index (Phi) is 5.79. The molecule has 1 aliphatic heterocycles. The number of rotatable bonds is 7. The van der Waals surface area contributed by atoms with Gasteiger partial charge in [0.25, 0.3) is 5.56 Å². The van der Waals surface area contributed by atoms with Crippen LogP contribution in [-0.2, 0) is 9.16 Å². The molecule has 0 spiro atoms. The number of aromatic amines is 1. The fourth-order valence-corrected chi connectivity index (χ4v) is 5.37. The van der Waals surface area contributed by atoms with Gasteiger partial charge in [0.15, 0.2) is 20.2 Å². The summed E-state index contributed by atoms with van der Waals surface area (Å²) >= 11 is 0. The number of aromatic nitrogens is 4. The fraction of sp³-hybridized carbons (Fsp3) is 0.722. The summed E-state index contributed by atoms with van der Waals surface area (Å²) in [6.45, 7) is 11.1. The van der Waals surface area contributed by atoms with E-state index in [0.29, 0.717) is 11.0 Å². The van der Waals surface area contributed by atoms with Gasteiger partial charge in [0.1, 0.15) is 23.7 Å². The maximum atomic E-state index is 11.9. The first kappa shape index (κ1) is 21.1. The molecule has 4 atom stereocenters. The predicted octanol–water partition coefficient (Wildman–Crippen LogP) is 1.54. The lowest BCUT2D eigenvalue weighted by Gasteiger charge is -2.40. The van der Waals surface area contributed by atoms with Crippen molar-refractivity contribution in [2.45, 2.75) is 76.3 Å². The van der Waals surface area contributed by atoms with Crippen LogP contribution in [0.5, 0.6) is 0 Å². The fourth-order valence-electron chi connectivity index (χ4n) is 3.54. The predicted molar refractivity (Wildman–Crippen MR) is 106 cm³/mol. The quantitative estimate of drug-likeness (QED) is 0.592. The highest BCUT2D eigenvalue weighted by Gasteiger charge is 2.47. The molecule has 28 heavy (non-hydrogen) atoms. The Balaban J connectivity index is 1.76. The Morgan fingerprint density at radius 1 is 1.36 bits per heavy atom. The minimum absolute atomic E-state index is 0.0759. The van der Waals surface area contributed by atoms with Crippen LogP contribution in [0.15, 0.2) is 17.3 Å². The molecule has 0 aromatic carbocycles. The third kappa shape index (κ3) is 3.66. The second kappa shape index (κ2) is 7.67. The number of ether oxygens (including phenoxy) is 1. The van der Waals surface area contributed by atoms with E-state index in [1.807, 2.05) is 0 Å². The van der Waals surface area contributed by atoms with Crippen LogP contribution in [0.2, 0.25) is 18.1 Å². The number of nitrogens with one attached hydrogen (secondary N) is 1. The zero-order chi connectivity index (χ0) is 20.7. The topological polar surface area (TPSA) is 122 Å². The van der Waals surface area contributed by atoms with Crippen molar-refractivity contribution in [2.24, 2.45) is 0 Å². The largest absolute Gasteiger partial charge is 0.414 e. The van der Waals surface area contributed by atoms with Crippen molar-refractivity contribution in [1.29, 1.82) is 0 Å². The highest BCUT2D eigenvalue weighted by molar-refractivity contribution is 6.74. The molecule has 1 aliphatic rings. The molecule has 2 aromatic heterocycles. The summed E-state index contributed by atoms with van der Waals surface area (Å²) < 4.78 is 13.5. The Morgan fingerprint density at radius 3 is 2.75 bits per heavy atom. The maximum absolute atomic E-state index is 11.9. The van der Waals surface area contributed by atoms with E-state index >= 15 is 0 Å². The van der Waals surface area contributed by atoms with Crippen LogP contribution < -0.4 is 5.56 Å². The van der Waals surface area contributed by atoms with Crippen molar-refractivity contribution in [3.8, 4) is 0 Å². The average molecular weight is 411 g/mol. The van der Waals surface area contributed by atoms with E-state index in [1.165, 1.54) is 17.2 Å². The first-order chi connectivity index (χ1) is 13.1. The van der Waals surface area contributed by atoms with Crippen molar-refractivity contribution in [2.75, 3.05) is 6.61 Å². The van der Waals surface area contributed by atoms with Crippen molar-refractivity contribution in [3.05, 3.63) is 22.9 Å². The van der Waals surface area contributed by atoms with Gasteiger partial charge in [-0.05, 0) is 24.6 Å². The molecule has 9 nitrogen and oxygen atoms in total. The van der Waals surface area contributed by atoms with Crippen molar-refractivity contribution in [1.82, 2.24) is 19.7 Å². The van der Waals surface area contributed by atoms with E-state index in [1.54, 1.807) is 0 Å². The molecular formula is C18H30N4O5Si. The van der Waals surface area contributed by atoms with Gasteiger partial charge in [0.05, 0.1) is 19.1 Å². The third-order valence-electron chi connectivity index (χ3n) is 6.09. The lowest BCUT2D eigenvalue weighted by molar-refractivity contribution is -0.0549. The van der Waals surface area contributed by atoms with Gasteiger partial charge in [0.2, 0.25) is 0 Å². The molecule has 10 heteroatoms. The first-order valence-corrected chi connectivity index (χ1v) is 12.6. The van der Waals surface area contributed by atoms with E-state index in [9.17, 15) is 15.0 Å². The molecule has 0 aliphatic carbocycles. The van der Waals surface area contributed by atoms with Gasteiger partial charge in [-0.15, -0.1) is 0 Å². The molecule has 1 fully saturated rings. The summed E-state index contributed by atoms with van der Waals surface area (Å²) in [5, 5.41) is 25.5. The maximum Gasteiger partial charge on any atom is 0.261 e. The summed E-state index contributed by atoms with van der Waals surface area (Å²) in [6.07, 6.45) is 0.826. The molecule has 3 N–H and O–H groups in total. The average Bonchev–Trinajstić information content (AvgIpc) is 3.16. The van der Waals surface area contributed by atoms with E-state index in [4.69, 9.17) is 9.16 Å². The first-order valence-electron chi connectivity index (χ1n) is 9.65. The van der Waals surface area contributed by atoms with Gasteiger partial charge in [-0.3, -0.25) is 4.79 Å². The molecule has 1 saturated heterocycles. The Hall–Kier alpha value is -1.59. The Bertz CT molecular complexity index is 880. The lowest BCUT2D eigenvalue weighted by Crippen LogP contribution is -2.45. The van der Waals surface area contributed by atoms with Crippen LogP contribution in [0.4, 0.5) is 0 Å². The van der Waals surface area contributed by atoms with E-state index in [-0.39, 0.29) is 17.2 Å². The van der Waals surface area contributed by atoms with E-state index in [0.717, 1.165) is 12.8 Å². The molecule has 3 heterocycles. The monoisotopic (exact) mass is 410 g/mol. The lowest BCUT2D eigenvalue weighted by atomic mass is 10.1. The normalized spacial score (nSPS) is 26.2. The van der Waals surface area contributed by atoms with Gasteiger partial charge in [-0.25, -0.2) is 9.67 Å². The summed E-state index contributed by atoms with van der Waals surface area (Å²) in [5.41, 5.74) is -0.0320. The standard InChI is InChI=1S/C18H30N4O5Si/c1-6-7-18(2,3)28(4,5)26-9-12-13(23)14(24)17(27-12)22-15-11(8-21-22)16(25)20-10-19-15/h8,10,12-14,17,23-24H,6-7,9H2,1-5H3,(H,19,20,25)/t12-,13-,14-,17-/m1/s1. The number of fused-ring (bicyclic) bond motifs is 1. The van der Waals surface area contributed by atoms with E-state index < -0.39 is 32.9 Å². The zero-order valence-corrected chi connectivity index (χ0v) is 18.0. The minimum atomic E-state index is -2.06. The number of nitrogens with zero attached hydrogens (tertiary/aromatic N) is 3. The number of hydrogen-bond donors (Lipinski definition) is 3. The molecule has 0 bridgehead atoms. The number of aliphatic hydroxyl groups excluding tert-OH is 2. The minimum Gasteiger partial charge on any atom is -0.414 e. The van der Waals surface area contributed by atoms with Gasteiger partial charge < -0.3 is 24.4 Å². The molecule has 0 radical (unpaired) electrons. The molecule has 0 amide bonds. The van der Waals surface area contributed by atoms with E-state index in [2.05, 4.69) is 48.9 Å². The van der Waals surface area contributed by atoms with Gasteiger partial charge in [-0.1, -0.05) is 27.2 Å². The summed E-state index contributed by atoms with van der Waals surface area (Å²) in [7, 11) is -2.06. The second-order valence-electron chi connectivity index (χ2n) is 8.56. The summed E-state index contributed by atoms with van der Waals surface area (Å²) in [5.74, 6) is 0. The van der Waals surface area contributed by atoms with Crippen LogP contribution in [-0.4, -0.2) is 63.2 Å². The van der Waals surface area contributed by atoms with Crippen molar-refractivity contribution >= 4 is 19.4 Å². The second-order valence-corrected chi connectivity index (χ2v) is 13.2. The SMILES string of the molecule is CCCC(C)(C)[Si](C)(C)OC[C@H]1O[C@@H](n2ncc3c(=O)[nH]cnc32)[C@H](O)[C@@H]1O. The Morgan fingerprint density at radius 2 is 2.07 bits per heavy atom. The van der Waals surface area contributed by atoms with Crippen molar-refractivity contribution in [3.63, 3.8) is 0 Å². The molecule has 3 rings (SSSR count). The zero-order valence-electron chi connectivity index (χ0n) is 17.0. The smallest absolute Gasteiger partial charge is 0.261 e. The Labute approximate surface area is 164 Å². The third-order valence-corrected chi connectivity index (χ3v) is 10.5. The van der Waals surface area contributed by atoms with Gasteiger partial charge in [-0.2, -0.15) is 5.10 Å². The summed E-state index contributed by atoms with van der Waals surface area (Å²) in [4.78, 5) is 18.5. The van der Waals surface area contributed by atoms with Gasteiger partial charge >= 0.3 is 0 Å². The van der Waals surface area contributed by atoms with Crippen LogP contribution in [0.25, 0.3) is 11.0 Å². The van der Waals surface area contributed by atoms with Crippen LogP contribution in [0.1, 0.15) is 39.8 Å². The number of hydrogen-bond acceptors (Lipinski definition) is 7.